The number of carbonyl (C=O) groups is 1. The summed E-state index contributed by atoms with van der Waals surface area (Å²) in [5.74, 6) is -0.00428. The number of ether oxygens (including phenoxy) is 1. The van der Waals surface area contributed by atoms with Gasteiger partial charge in [-0.05, 0) is 83.6 Å². The molecule has 33 heavy (non-hydrogen) atoms. The minimum absolute atomic E-state index is 0.225. The van der Waals surface area contributed by atoms with Crippen LogP contribution in [0.5, 0.6) is 5.75 Å². The van der Waals surface area contributed by atoms with Crippen molar-refractivity contribution in [3.63, 3.8) is 0 Å². The Morgan fingerprint density at radius 3 is 2.64 bits per heavy atom. The van der Waals surface area contributed by atoms with Gasteiger partial charge in [0, 0.05) is 30.2 Å². The van der Waals surface area contributed by atoms with Gasteiger partial charge >= 0.3 is 5.97 Å². The summed E-state index contributed by atoms with van der Waals surface area (Å²) in [6.07, 6.45) is 4.58. The third-order valence-corrected chi connectivity index (χ3v) is 7.41. The van der Waals surface area contributed by atoms with Crippen LogP contribution in [0.4, 0.5) is 0 Å². The van der Waals surface area contributed by atoms with Crippen LogP contribution in [-0.4, -0.2) is 40.7 Å². The van der Waals surface area contributed by atoms with Gasteiger partial charge in [0.25, 0.3) is 0 Å². The van der Waals surface area contributed by atoms with Crippen molar-refractivity contribution in [3.8, 4) is 5.75 Å². The maximum atomic E-state index is 11.5. The fourth-order valence-corrected chi connectivity index (χ4v) is 5.65. The lowest BCUT2D eigenvalue weighted by atomic mass is 9.89. The van der Waals surface area contributed by atoms with Crippen LogP contribution < -0.4 is 4.74 Å². The highest BCUT2D eigenvalue weighted by Crippen LogP contribution is 2.35. The lowest BCUT2D eigenvalue weighted by molar-refractivity contribution is 0.0693. The zero-order chi connectivity index (χ0) is 22.8. The molecule has 1 N–H and O–H groups in total. The molecule has 6 heteroatoms. The summed E-state index contributed by atoms with van der Waals surface area (Å²) in [7, 11) is 1.50. The molecule has 1 aliphatic rings. The zero-order valence-electron chi connectivity index (χ0n) is 18.7. The SMILES string of the molecule is COc1ccc(CN2CCC(c3cn(Cc4ccsc4)c4ccccc34)CC2)cc1C(=O)O. The summed E-state index contributed by atoms with van der Waals surface area (Å²) in [5, 5.41) is 15.2. The van der Waals surface area contributed by atoms with Crippen LogP contribution in [0.15, 0.2) is 65.5 Å². The second-order valence-electron chi connectivity index (χ2n) is 8.75. The zero-order valence-corrected chi connectivity index (χ0v) is 19.6. The molecule has 0 radical (unpaired) electrons. The van der Waals surface area contributed by atoms with E-state index in [1.165, 1.54) is 29.1 Å². The molecule has 0 bridgehead atoms. The predicted molar refractivity (Wildman–Crippen MR) is 133 cm³/mol. The van der Waals surface area contributed by atoms with Gasteiger partial charge in [-0.3, -0.25) is 4.90 Å². The number of likely N-dealkylation sites (tertiary alicyclic amines) is 1. The first-order chi connectivity index (χ1) is 16.1. The van der Waals surface area contributed by atoms with Crippen molar-refractivity contribution in [2.24, 2.45) is 0 Å². The van der Waals surface area contributed by atoms with E-state index in [0.29, 0.717) is 11.7 Å². The van der Waals surface area contributed by atoms with Gasteiger partial charge in [0.15, 0.2) is 0 Å². The molecule has 1 aliphatic heterocycles. The van der Waals surface area contributed by atoms with E-state index in [4.69, 9.17) is 4.74 Å². The Labute approximate surface area is 197 Å². The minimum atomic E-state index is -0.953. The predicted octanol–water partition coefficient (Wildman–Crippen LogP) is 5.84. The average Bonchev–Trinajstić information content (AvgIpc) is 3.48. The van der Waals surface area contributed by atoms with Gasteiger partial charge in [0.2, 0.25) is 0 Å². The largest absolute Gasteiger partial charge is 0.496 e. The second-order valence-corrected chi connectivity index (χ2v) is 9.53. The molecule has 5 nitrogen and oxygen atoms in total. The van der Waals surface area contributed by atoms with E-state index in [1.54, 1.807) is 23.5 Å². The van der Waals surface area contributed by atoms with Crippen molar-refractivity contribution >= 4 is 28.2 Å². The third-order valence-electron chi connectivity index (χ3n) is 6.68. The van der Waals surface area contributed by atoms with Gasteiger partial charge in [0.05, 0.1) is 7.11 Å². The highest BCUT2D eigenvalue weighted by atomic mass is 32.1. The lowest BCUT2D eigenvalue weighted by Gasteiger charge is -2.32. The van der Waals surface area contributed by atoms with Crippen molar-refractivity contribution in [1.29, 1.82) is 0 Å². The second kappa shape index (κ2) is 9.41. The summed E-state index contributed by atoms with van der Waals surface area (Å²) < 4.78 is 7.58. The molecule has 3 heterocycles. The van der Waals surface area contributed by atoms with E-state index < -0.39 is 5.97 Å². The lowest BCUT2D eigenvalue weighted by Crippen LogP contribution is -2.32. The number of methoxy groups -OCH3 is 1. The van der Waals surface area contributed by atoms with Crippen LogP contribution in [0.1, 0.15) is 45.8 Å². The average molecular weight is 461 g/mol. The monoisotopic (exact) mass is 460 g/mol. The third kappa shape index (κ3) is 4.54. The molecule has 1 fully saturated rings. The Balaban J connectivity index is 1.30. The first kappa shape index (κ1) is 21.7. The smallest absolute Gasteiger partial charge is 0.339 e. The van der Waals surface area contributed by atoms with Gasteiger partial charge in [-0.2, -0.15) is 11.3 Å². The normalized spacial score (nSPS) is 15.2. The number of aromatic nitrogens is 1. The Morgan fingerprint density at radius 1 is 1.09 bits per heavy atom. The number of benzene rings is 2. The number of rotatable bonds is 7. The van der Waals surface area contributed by atoms with Gasteiger partial charge in [-0.25, -0.2) is 4.79 Å². The molecule has 0 atom stereocenters. The number of carboxylic acid groups (broad SMARTS) is 1. The summed E-state index contributed by atoms with van der Waals surface area (Å²) in [5.41, 5.74) is 5.35. The molecule has 1 saturated heterocycles. The number of piperidine rings is 1. The van der Waals surface area contributed by atoms with E-state index in [2.05, 4.69) is 56.8 Å². The number of para-hydroxylation sites is 1. The van der Waals surface area contributed by atoms with Crippen LogP contribution in [0.25, 0.3) is 10.9 Å². The van der Waals surface area contributed by atoms with E-state index in [1.807, 2.05) is 6.07 Å². The molecule has 4 aromatic rings. The highest BCUT2D eigenvalue weighted by molar-refractivity contribution is 7.07. The van der Waals surface area contributed by atoms with Gasteiger partial charge < -0.3 is 14.4 Å². The van der Waals surface area contributed by atoms with Crippen LogP contribution in [-0.2, 0) is 13.1 Å². The highest BCUT2D eigenvalue weighted by Gasteiger charge is 2.24. The summed E-state index contributed by atoms with van der Waals surface area (Å²) in [4.78, 5) is 14.0. The molecular formula is C27H28N2O3S. The molecule has 5 rings (SSSR count). The van der Waals surface area contributed by atoms with E-state index in [-0.39, 0.29) is 5.56 Å². The number of nitrogens with zero attached hydrogens (tertiary/aromatic N) is 2. The van der Waals surface area contributed by atoms with Crippen molar-refractivity contribution in [3.05, 3.63) is 87.7 Å². The number of aromatic carboxylic acids is 1. The van der Waals surface area contributed by atoms with Gasteiger partial charge in [-0.15, -0.1) is 0 Å². The van der Waals surface area contributed by atoms with Gasteiger partial charge in [-0.1, -0.05) is 24.3 Å². The fraction of sp³-hybridized carbons (Fsp3) is 0.296. The Hall–Kier alpha value is -3.09. The quantitative estimate of drug-likeness (QED) is 0.377. The first-order valence-corrected chi connectivity index (χ1v) is 12.3. The molecule has 0 amide bonds. The maximum Gasteiger partial charge on any atom is 0.339 e. The molecule has 0 unspecified atom stereocenters. The Kier molecular flexibility index (Phi) is 6.20. The number of thiophene rings is 1. The number of carboxylic acids is 1. The van der Waals surface area contributed by atoms with Crippen LogP contribution in [0, 0.1) is 0 Å². The standard InChI is InChI=1S/C27H28N2O3S/c1-32-26-7-6-19(14-23(26)27(30)31)15-28-11-8-21(9-12-28)24-17-29(16-20-10-13-33-18-20)25-5-3-2-4-22(24)25/h2-7,10,13-14,17-18,21H,8-9,11-12,15-16H2,1H3,(H,30,31). The number of hydrogen-bond donors (Lipinski definition) is 1. The summed E-state index contributed by atoms with van der Waals surface area (Å²) in [6, 6.07) is 16.4. The van der Waals surface area contributed by atoms with Crippen LogP contribution in [0.3, 0.4) is 0 Å². The van der Waals surface area contributed by atoms with Crippen molar-refractivity contribution in [1.82, 2.24) is 9.47 Å². The van der Waals surface area contributed by atoms with Crippen molar-refractivity contribution in [2.45, 2.75) is 31.8 Å². The Bertz CT molecular complexity index is 1250. The minimum Gasteiger partial charge on any atom is -0.496 e. The molecule has 0 spiro atoms. The van der Waals surface area contributed by atoms with Crippen LogP contribution >= 0.6 is 11.3 Å². The number of hydrogen-bond acceptors (Lipinski definition) is 4. The molecule has 0 aliphatic carbocycles. The van der Waals surface area contributed by atoms with Crippen LogP contribution in [0.2, 0.25) is 0 Å². The summed E-state index contributed by atoms with van der Waals surface area (Å²) >= 11 is 1.75. The molecule has 2 aromatic carbocycles. The topological polar surface area (TPSA) is 54.7 Å². The Morgan fingerprint density at radius 2 is 1.91 bits per heavy atom. The molecule has 170 valence electrons. The van der Waals surface area contributed by atoms with Crippen molar-refractivity contribution in [2.75, 3.05) is 20.2 Å². The molecule has 0 saturated carbocycles. The van der Waals surface area contributed by atoms with E-state index in [0.717, 1.165) is 44.6 Å². The van der Waals surface area contributed by atoms with Gasteiger partial charge in [0.1, 0.15) is 11.3 Å². The molecule has 2 aromatic heterocycles. The molecular weight excluding hydrogens is 432 g/mol. The number of fused-ring (bicyclic) bond motifs is 1. The maximum absolute atomic E-state index is 11.5. The van der Waals surface area contributed by atoms with Crippen molar-refractivity contribution < 1.29 is 14.6 Å². The van der Waals surface area contributed by atoms with E-state index >= 15 is 0 Å². The summed E-state index contributed by atoms with van der Waals surface area (Å²) in [6.45, 7) is 3.68. The van der Waals surface area contributed by atoms with E-state index in [9.17, 15) is 9.90 Å². The fourth-order valence-electron chi connectivity index (χ4n) is 4.99. The first-order valence-electron chi connectivity index (χ1n) is 11.3.